The second-order valence-electron chi connectivity index (χ2n) is 4.14. The van der Waals surface area contributed by atoms with Crippen molar-refractivity contribution in [3.63, 3.8) is 0 Å². The first kappa shape index (κ1) is 12.6. The first-order valence-electron chi connectivity index (χ1n) is 5.90. The average molecular weight is 245 g/mol. The second-order valence-corrected chi connectivity index (χ2v) is 4.14. The van der Waals surface area contributed by atoms with Crippen LogP contribution in [-0.2, 0) is 9.53 Å². The summed E-state index contributed by atoms with van der Waals surface area (Å²) in [5, 5.41) is 14.7. The minimum atomic E-state index is -0.0983. The predicted octanol–water partition coefficient (Wildman–Crippen LogP) is 0.875. The molecule has 18 heavy (non-hydrogen) atoms. The molecular formula is C13H15N3O2. The van der Waals surface area contributed by atoms with Gasteiger partial charge in [-0.25, -0.2) is 0 Å². The van der Waals surface area contributed by atoms with E-state index in [1.807, 2.05) is 6.07 Å². The van der Waals surface area contributed by atoms with Crippen molar-refractivity contribution in [3.8, 4) is 6.07 Å². The molecule has 1 unspecified atom stereocenters. The van der Waals surface area contributed by atoms with E-state index in [1.54, 1.807) is 24.3 Å². The van der Waals surface area contributed by atoms with Crippen molar-refractivity contribution in [1.29, 1.82) is 5.26 Å². The normalized spacial score (nSPS) is 18.9. The van der Waals surface area contributed by atoms with Crippen molar-refractivity contribution in [2.45, 2.75) is 12.5 Å². The summed E-state index contributed by atoms with van der Waals surface area (Å²) < 4.78 is 5.46. The number of morpholine rings is 1. The molecule has 1 fully saturated rings. The Labute approximate surface area is 106 Å². The van der Waals surface area contributed by atoms with Crippen molar-refractivity contribution in [2.75, 3.05) is 25.0 Å². The zero-order chi connectivity index (χ0) is 12.8. The van der Waals surface area contributed by atoms with E-state index in [2.05, 4.69) is 10.6 Å². The van der Waals surface area contributed by atoms with Gasteiger partial charge in [0.25, 0.3) is 0 Å². The van der Waals surface area contributed by atoms with Gasteiger partial charge >= 0.3 is 0 Å². The molecule has 1 aliphatic rings. The lowest BCUT2D eigenvalue weighted by Gasteiger charge is -2.23. The summed E-state index contributed by atoms with van der Waals surface area (Å²) in [6, 6.07) is 8.89. The van der Waals surface area contributed by atoms with E-state index in [9.17, 15) is 4.79 Å². The highest BCUT2D eigenvalue weighted by Gasteiger charge is 2.17. The van der Waals surface area contributed by atoms with Crippen LogP contribution in [0.2, 0.25) is 0 Å². The van der Waals surface area contributed by atoms with Crippen LogP contribution in [0.4, 0.5) is 5.69 Å². The molecule has 1 heterocycles. The molecule has 94 valence electrons. The Morgan fingerprint density at radius 2 is 2.50 bits per heavy atom. The van der Waals surface area contributed by atoms with Crippen LogP contribution in [0.3, 0.4) is 0 Å². The van der Waals surface area contributed by atoms with Crippen LogP contribution in [0.25, 0.3) is 0 Å². The number of carbonyl (C=O) groups excluding carboxylic acids is 1. The maximum Gasteiger partial charge on any atom is 0.227 e. The first-order chi connectivity index (χ1) is 8.78. The smallest absolute Gasteiger partial charge is 0.227 e. The van der Waals surface area contributed by atoms with Gasteiger partial charge in [-0.3, -0.25) is 4.79 Å². The SMILES string of the molecule is N#Cc1cccc(NC(=O)CC2CNCCO2)c1. The molecule has 1 aromatic rings. The van der Waals surface area contributed by atoms with Crippen LogP contribution in [0, 0.1) is 11.3 Å². The molecule has 5 heteroatoms. The predicted molar refractivity (Wildman–Crippen MR) is 67.0 cm³/mol. The number of nitriles is 1. The van der Waals surface area contributed by atoms with E-state index in [0.29, 0.717) is 30.8 Å². The van der Waals surface area contributed by atoms with Gasteiger partial charge in [-0.15, -0.1) is 0 Å². The molecule has 2 N–H and O–H groups in total. The number of nitrogens with zero attached hydrogens (tertiary/aromatic N) is 1. The van der Waals surface area contributed by atoms with Crippen LogP contribution in [0.5, 0.6) is 0 Å². The topological polar surface area (TPSA) is 74.2 Å². The second kappa shape index (κ2) is 6.15. The molecule has 1 atom stereocenters. The summed E-state index contributed by atoms with van der Waals surface area (Å²) in [5.74, 6) is -0.0983. The molecule has 0 bridgehead atoms. The van der Waals surface area contributed by atoms with E-state index in [-0.39, 0.29) is 12.0 Å². The van der Waals surface area contributed by atoms with E-state index >= 15 is 0 Å². The van der Waals surface area contributed by atoms with Gasteiger partial charge in [0.15, 0.2) is 0 Å². The van der Waals surface area contributed by atoms with Crippen molar-refractivity contribution >= 4 is 11.6 Å². The minimum Gasteiger partial charge on any atom is -0.375 e. The summed E-state index contributed by atoms with van der Waals surface area (Å²) in [6.45, 7) is 2.18. The van der Waals surface area contributed by atoms with Gasteiger partial charge in [-0.1, -0.05) is 6.07 Å². The number of ether oxygens (including phenoxy) is 1. The van der Waals surface area contributed by atoms with E-state index < -0.39 is 0 Å². The summed E-state index contributed by atoms with van der Waals surface area (Å²) >= 11 is 0. The molecule has 2 rings (SSSR count). The maximum absolute atomic E-state index is 11.8. The molecular weight excluding hydrogens is 230 g/mol. The highest BCUT2D eigenvalue weighted by atomic mass is 16.5. The van der Waals surface area contributed by atoms with Gasteiger partial charge in [-0.05, 0) is 18.2 Å². The number of hydrogen-bond acceptors (Lipinski definition) is 4. The Bertz CT molecular complexity index is 462. The third-order valence-electron chi connectivity index (χ3n) is 2.69. The van der Waals surface area contributed by atoms with Crippen LogP contribution >= 0.6 is 0 Å². The molecule has 1 amide bonds. The Balaban J connectivity index is 1.88. The van der Waals surface area contributed by atoms with Gasteiger partial charge < -0.3 is 15.4 Å². The van der Waals surface area contributed by atoms with Gasteiger partial charge in [0.05, 0.1) is 30.8 Å². The first-order valence-corrected chi connectivity index (χ1v) is 5.90. The van der Waals surface area contributed by atoms with E-state index in [0.717, 1.165) is 6.54 Å². The van der Waals surface area contributed by atoms with Crippen molar-refractivity contribution in [3.05, 3.63) is 29.8 Å². The van der Waals surface area contributed by atoms with Gasteiger partial charge in [0, 0.05) is 18.8 Å². The number of carbonyl (C=O) groups is 1. The summed E-state index contributed by atoms with van der Waals surface area (Å²) in [5.41, 5.74) is 1.17. The fraction of sp³-hybridized carbons (Fsp3) is 0.385. The van der Waals surface area contributed by atoms with E-state index in [4.69, 9.17) is 10.00 Å². The lowest BCUT2D eigenvalue weighted by molar-refractivity contribution is -0.119. The average Bonchev–Trinajstić information content (AvgIpc) is 2.40. The number of benzene rings is 1. The van der Waals surface area contributed by atoms with Crippen molar-refractivity contribution in [2.24, 2.45) is 0 Å². The summed E-state index contributed by atoms with van der Waals surface area (Å²) in [6.07, 6.45) is 0.252. The van der Waals surface area contributed by atoms with Gasteiger partial charge in [0.1, 0.15) is 0 Å². The zero-order valence-corrected chi connectivity index (χ0v) is 9.98. The Morgan fingerprint density at radius 3 is 3.22 bits per heavy atom. The molecule has 1 aliphatic heterocycles. The van der Waals surface area contributed by atoms with E-state index in [1.165, 1.54) is 0 Å². The Morgan fingerprint density at radius 1 is 1.61 bits per heavy atom. The molecule has 0 saturated carbocycles. The molecule has 0 spiro atoms. The standard InChI is InChI=1S/C13H15N3O2/c14-8-10-2-1-3-11(6-10)16-13(17)7-12-9-15-4-5-18-12/h1-3,6,12,15H,4-5,7,9H2,(H,16,17). The quantitative estimate of drug-likeness (QED) is 0.829. The molecule has 0 radical (unpaired) electrons. The van der Waals surface area contributed by atoms with Gasteiger partial charge in [-0.2, -0.15) is 5.26 Å². The van der Waals surface area contributed by atoms with Crippen LogP contribution < -0.4 is 10.6 Å². The summed E-state index contributed by atoms with van der Waals surface area (Å²) in [7, 11) is 0. The highest BCUT2D eigenvalue weighted by Crippen LogP contribution is 2.11. The molecule has 1 saturated heterocycles. The molecule has 0 aromatic heterocycles. The zero-order valence-electron chi connectivity index (χ0n) is 9.98. The number of nitrogens with one attached hydrogen (secondary N) is 2. The van der Waals surface area contributed by atoms with Crippen molar-refractivity contribution < 1.29 is 9.53 Å². The minimum absolute atomic E-state index is 0.0714. The van der Waals surface area contributed by atoms with Crippen LogP contribution in [-0.4, -0.2) is 31.7 Å². The maximum atomic E-state index is 11.8. The lowest BCUT2D eigenvalue weighted by atomic mass is 10.2. The number of rotatable bonds is 3. The molecule has 1 aromatic carbocycles. The number of hydrogen-bond donors (Lipinski definition) is 2. The fourth-order valence-electron chi connectivity index (χ4n) is 1.84. The summed E-state index contributed by atoms with van der Waals surface area (Å²) in [4.78, 5) is 11.8. The highest BCUT2D eigenvalue weighted by molar-refractivity contribution is 5.91. The Kier molecular flexibility index (Phi) is 4.29. The van der Waals surface area contributed by atoms with Crippen molar-refractivity contribution in [1.82, 2.24) is 5.32 Å². The van der Waals surface area contributed by atoms with Crippen LogP contribution in [0.15, 0.2) is 24.3 Å². The van der Waals surface area contributed by atoms with Gasteiger partial charge in [0.2, 0.25) is 5.91 Å². The third kappa shape index (κ3) is 3.55. The largest absolute Gasteiger partial charge is 0.375 e. The number of amides is 1. The van der Waals surface area contributed by atoms with Crippen LogP contribution in [0.1, 0.15) is 12.0 Å². The number of anilines is 1. The monoisotopic (exact) mass is 245 g/mol. The molecule has 5 nitrogen and oxygen atoms in total. The molecule has 0 aliphatic carbocycles. The Hall–Kier alpha value is -1.90. The fourth-order valence-corrected chi connectivity index (χ4v) is 1.84. The third-order valence-corrected chi connectivity index (χ3v) is 2.69. The lowest BCUT2D eigenvalue weighted by Crippen LogP contribution is -2.40.